The van der Waals surface area contributed by atoms with Gasteiger partial charge in [0.15, 0.2) is 5.96 Å². The number of aromatic nitrogens is 1. The molecule has 2 heterocycles. The summed E-state index contributed by atoms with van der Waals surface area (Å²) in [7, 11) is 0. The molecule has 8 heteroatoms. The lowest BCUT2D eigenvalue weighted by Gasteiger charge is -2.17. The van der Waals surface area contributed by atoms with Gasteiger partial charge in [-0.2, -0.15) is 0 Å². The minimum atomic E-state index is 0. The van der Waals surface area contributed by atoms with E-state index < -0.39 is 0 Å². The monoisotopic (exact) mass is 451 g/mol. The molecule has 2 rings (SSSR count). The van der Waals surface area contributed by atoms with Crippen LogP contribution in [0.3, 0.4) is 0 Å². The second-order valence-corrected chi connectivity index (χ2v) is 6.17. The van der Waals surface area contributed by atoms with Crippen LogP contribution in [0.2, 0.25) is 0 Å². The van der Waals surface area contributed by atoms with Crippen LogP contribution in [0.5, 0.6) is 0 Å². The Morgan fingerprint density at radius 2 is 2.09 bits per heavy atom. The van der Waals surface area contributed by atoms with Gasteiger partial charge in [0.25, 0.3) is 0 Å². The number of aryl methyl sites for hydroxylation is 1. The molecule has 1 aromatic rings. The first-order valence-corrected chi connectivity index (χ1v) is 8.84. The van der Waals surface area contributed by atoms with E-state index in [1.165, 1.54) is 0 Å². The summed E-state index contributed by atoms with van der Waals surface area (Å²) in [5.41, 5.74) is 0.977. The van der Waals surface area contributed by atoms with E-state index in [1.54, 1.807) is 11.3 Å². The fourth-order valence-corrected chi connectivity index (χ4v) is 3.06. The normalized spacial score (nSPS) is 14.5. The Kier molecular flexibility index (Phi) is 9.46. The topological polar surface area (TPSA) is 69.6 Å². The molecular weight excluding hydrogens is 425 g/mol. The Hall–Kier alpha value is -0.900. The van der Waals surface area contributed by atoms with Crippen molar-refractivity contribution in [2.75, 3.05) is 26.2 Å². The zero-order valence-corrected chi connectivity index (χ0v) is 16.9. The number of nitrogens with one attached hydrogen (secondary N) is 2. The SMILES string of the molecule is CCNC(=NCc1csc(CC)n1)NCC(=O)N1CCCC1.I. The molecule has 1 aromatic heterocycles. The van der Waals surface area contributed by atoms with Crippen molar-refractivity contribution in [2.24, 2.45) is 4.99 Å². The second-order valence-electron chi connectivity index (χ2n) is 5.22. The highest BCUT2D eigenvalue weighted by Gasteiger charge is 2.17. The van der Waals surface area contributed by atoms with Gasteiger partial charge in [-0.25, -0.2) is 9.98 Å². The van der Waals surface area contributed by atoms with Gasteiger partial charge in [0, 0.05) is 25.0 Å². The molecule has 0 unspecified atom stereocenters. The molecule has 0 aromatic carbocycles. The molecule has 0 atom stereocenters. The summed E-state index contributed by atoms with van der Waals surface area (Å²) in [6.45, 7) is 7.46. The molecule has 1 fully saturated rings. The summed E-state index contributed by atoms with van der Waals surface area (Å²) in [5.74, 6) is 0.811. The highest BCUT2D eigenvalue weighted by atomic mass is 127. The van der Waals surface area contributed by atoms with Gasteiger partial charge in [-0.05, 0) is 26.2 Å². The van der Waals surface area contributed by atoms with Crippen molar-refractivity contribution in [3.8, 4) is 0 Å². The molecule has 1 amide bonds. The van der Waals surface area contributed by atoms with Crippen LogP contribution < -0.4 is 10.6 Å². The summed E-state index contributed by atoms with van der Waals surface area (Å²) >= 11 is 1.67. The molecule has 2 N–H and O–H groups in total. The summed E-state index contributed by atoms with van der Waals surface area (Å²) in [6, 6.07) is 0. The van der Waals surface area contributed by atoms with Crippen LogP contribution in [0.4, 0.5) is 0 Å². The highest BCUT2D eigenvalue weighted by molar-refractivity contribution is 14.0. The Labute approximate surface area is 159 Å². The first kappa shape index (κ1) is 20.1. The van der Waals surface area contributed by atoms with Crippen molar-refractivity contribution in [2.45, 2.75) is 39.7 Å². The van der Waals surface area contributed by atoms with E-state index >= 15 is 0 Å². The molecule has 1 aliphatic rings. The molecule has 6 nitrogen and oxygen atoms in total. The Morgan fingerprint density at radius 1 is 1.35 bits per heavy atom. The fraction of sp³-hybridized carbons (Fsp3) is 0.667. The van der Waals surface area contributed by atoms with Gasteiger partial charge in [0.2, 0.25) is 5.91 Å². The van der Waals surface area contributed by atoms with Crippen LogP contribution in [0.25, 0.3) is 0 Å². The van der Waals surface area contributed by atoms with E-state index in [-0.39, 0.29) is 29.9 Å². The number of carbonyl (C=O) groups is 1. The highest BCUT2D eigenvalue weighted by Crippen LogP contribution is 2.10. The summed E-state index contributed by atoms with van der Waals surface area (Å²) in [4.78, 5) is 22.9. The van der Waals surface area contributed by atoms with Gasteiger partial charge in [0.1, 0.15) is 0 Å². The van der Waals surface area contributed by atoms with E-state index in [9.17, 15) is 4.79 Å². The number of aliphatic imine (C=N–C) groups is 1. The van der Waals surface area contributed by atoms with E-state index in [2.05, 4.69) is 27.5 Å². The van der Waals surface area contributed by atoms with Gasteiger partial charge in [-0.3, -0.25) is 4.79 Å². The van der Waals surface area contributed by atoms with Crippen molar-refractivity contribution in [1.29, 1.82) is 0 Å². The average Bonchev–Trinajstić information content (AvgIpc) is 3.20. The number of rotatable bonds is 6. The number of halogens is 1. The van der Waals surface area contributed by atoms with E-state index in [1.807, 2.05) is 17.2 Å². The second kappa shape index (κ2) is 10.8. The van der Waals surface area contributed by atoms with Crippen molar-refractivity contribution in [3.63, 3.8) is 0 Å². The fourth-order valence-electron chi connectivity index (χ4n) is 2.32. The van der Waals surface area contributed by atoms with Crippen LogP contribution in [-0.2, 0) is 17.8 Å². The lowest BCUT2D eigenvalue weighted by molar-refractivity contribution is -0.128. The molecule has 23 heavy (non-hydrogen) atoms. The molecule has 0 radical (unpaired) electrons. The minimum Gasteiger partial charge on any atom is -0.357 e. The van der Waals surface area contributed by atoms with Gasteiger partial charge in [0.05, 0.1) is 23.8 Å². The van der Waals surface area contributed by atoms with Crippen LogP contribution in [0, 0.1) is 0 Å². The van der Waals surface area contributed by atoms with Gasteiger partial charge < -0.3 is 15.5 Å². The molecule has 0 bridgehead atoms. The van der Waals surface area contributed by atoms with Crippen LogP contribution >= 0.6 is 35.3 Å². The zero-order valence-electron chi connectivity index (χ0n) is 13.8. The maximum Gasteiger partial charge on any atom is 0.241 e. The molecule has 0 spiro atoms. The minimum absolute atomic E-state index is 0. The van der Waals surface area contributed by atoms with E-state index in [4.69, 9.17) is 0 Å². The number of likely N-dealkylation sites (tertiary alicyclic amines) is 1. The molecule has 130 valence electrons. The van der Waals surface area contributed by atoms with Crippen molar-refractivity contribution in [3.05, 3.63) is 16.1 Å². The lowest BCUT2D eigenvalue weighted by atomic mass is 10.4. The van der Waals surface area contributed by atoms with E-state index in [0.29, 0.717) is 19.0 Å². The molecule has 0 aliphatic carbocycles. The quantitative estimate of drug-likeness (QED) is 0.395. The standard InChI is InChI=1S/C15H25N5OS.HI/c1-3-13-19-12(11-22-13)9-17-15(16-4-2)18-10-14(21)20-7-5-6-8-20;/h11H,3-10H2,1-2H3,(H2,16,17,18);1H. The van der Waals surface area contributed by atoms with Crippen LogP contribution in [-0.4, -0.2) is 47.9 Å². The Balaban J connectivity index is 0.00000264. The Bertz CT molecular complexity index is 514. The summed E-state index contributed by atoms with van der Waals surface area (Å²) in [5, 5.41) is 9.45. The van der Waals surface area contributed by atoms with Crippen LogP contribution in [0.15, 0.2) is 10.4 Å². The number of nitrogens with zero attached hydrogens (tertiary/aromatic N) is 3. The number of guanidine groups is 1. The third-order valence-electron chi connectivity index (χ3n) is 3.51. The van der Waals surface area contributed by atoms with E-state index in [0.717, 1.165) is 49.6 Å². The van der Waals surface area contributed by atoms with Gasteiger partial charge >= 0.3 is 0 Å². The largest absolute Gasteiger partial charge is 0.357 e. The lowest BCUT2D eigenvalue weighted by Crippen LogP contribution is -2.44. The van der Waals surface area contributed by atoms with Crippen molar-refractivity contribution in [1.82, 2.24) is 20.5 Å². The summed E-state index contributed by atoms with van der Waals surface area (Å²) in [6.07, 6.45) is 3.18. The summed E-state index contributed by atoms with van der Waals surface area (Å²) < 4.78 is 0. The molecular formula is C15H26IN5OS. The predicted octanol–water partition coefficient (Wildman–Crippen LogP) is 2.00. The molecule has 0 saturated carbocycles. The van der Waals surface area contributed by atoms with Crippen LogP contribution in [0.1, 0.15) is 37.4 Å². The smallest absolute Gasteiger partial charge is 0.241 e. The average molecular weight is 451 g/mol. The third-order valence-corrected chi connectivity index (χ3v) is 4.55. The van der Waals surface area contributed by atoms with Crippen molar-refractivity contribution >= 4 is 47.2 Å². The molecule has 1 saturated heterocycles. The number of thiazole rings is 1. The number of hydrogen-bond donors (Lipinski definition) is 2. The number of amides is 1. The van der Waals surface area contributed by atoms with Gasteiger partial charge in [-0.1, -0.05) is 6.92 Å². The predicted molar refractivity (Wildman–Crippen MR) is 106 cm³/mol. The van der Waals surface area contributed by atoms with Crippen molar-refractivity contribution < 1.29 is 4.79 Å². The zero-order chi connectivity index (χ0) is 15.8. The van der Waals surface area contributed by atoms with Gasteiger partial charge in [-0.15, -0.1) is 35.3 Å². The molecule has 1 aliphatic heterocycles. The Morgan fingerprint density at radius 3 is 2.70 bits per heavy atom. The maximum absolute atomic E-state index is 12.0. The number of hydrogen-bond acceptors (Lipinski definition) is 4. The number of carbonyl (C=O) groups excluding carboxylic acids is 1. The first-order chi connectivity index (χ1) is 10.7. The third kappa shape index (κ3) is 6.62. The maximum atomic E-state index is 12.0. The first-order valence-electron chi connectivity index (χ1n) is 7.96.